The summed E-state index contributed by atoms with van der Waals surface area (Å²) in [6.07, 6.45) is 1.97. The van der Waals surface area contributed by atoms with Crippen LogP contribution in [0.15, 0.2) is 67.0 Å². The number of carbonyl (C=O) groups excluding carboxylic acids is 1. The van der Waals surface area contributed by atoms with Crippen LogP contribution in [0.25, 0.3) is 20.7 Å². The van der Waals surface area contributed by atoms with E-state index in [4.69, 9.17) is 0 Å². The van der Waals surface area contributed by atoms with Gasteiger partial charge >= 0.3 is 0 Å². The third-order valence-corrected chi connectivity index (χ3v) is 5.80. The number of nitrogens with one attached hydrogen (secondary N) is 1. The van der Waals surface area contributed by atoms with Gasteiger partial charge < -0.3 is 10.2 Å². The highest BCUT2D eigenvalue weighted by Gasteiger charge is 2.14. The lowest BCUT2D eigenvalue weighted by Crippen LogP contribution is -2.24. The van der Waals surface area contributed by atoms with Gasteiger partial charge in [-0.2, -0.15) is 0 Å². The van der Waals surface area contributed by atoms with Crippen molar-refractivity contribution in [2.45, 2.75) is 13.3 Å². The Morgan fingerprint density at radius 2 is 1.90 bits per heavy atom. The summed E-state index contributed by atoms with van der Waals surface area (Å²) in [7, 11) is 1.96. The van der Waals surface area contributed by atoms with Crippen LogP contribution in [0.5, 0.6) is 0 Å². The van der Waals surface area contributed by atoms with Gasteiger partial charge in [0.1, 0.15) is 17.0 Å². The number of nitrogens with zero attached hydrogens (tertiary/aromatic N) is 3. The van der Waals surface area contributed by atoms with Crippen molar-refractivity contribution < 1.29 is 4.79 Å². The molecule has 0 bridgehead atoms. The van der Waals surface area contributed by atoms with Gasteiger partial charge in [-0.05, 0) is 36.2 Å². The molecule has 2 heterocycles. The second-order valence-electron chi connectivity index (χ2n) is 6.98. The van der Waals surface area contributed by atoms with Crippen molar-refractivity contribution in [1.29, 1.82) is 0 Å². The molecule has 4 aromatic rings. The molecule has 0 atom stereocenters. The van der Waals surface area contributed by atoms with Gasteiger partial charge in [0.25, 0.3) is 0 Å². The van der Waals surface area contributed by atoms with Crippen LogP contribution in [0.4, 0.5) is 11.5 Å². The van der Waals surface area contributed by atoms with Gasteiger partial charge in [-0.15, -0.1) is 11.3 Å². The smallest absolute Gasteiger partial charge is 0.226 e. The summed E-state index contributed by atoms with van der Waals surface area (Å²) < 4.78 is 0. The zero-order valence-corrected chi connectivity index (χ0v) is 17.2. The Labute approximate surface area is 174 Å². The van der Waals surface area contributed by atoms with Crippen molar-refractivity contribution >= 4 is 39.0 Å². The van der Waals surface area contributed by atoms with Gasteiger partial charge in [0.05, 0.1) is 5.39 Å². The number of anilines is 2. The zero-order valence-electron chi connectivity index (χ0n) is 16.4. The summed E-state index contributed by atoms with van der Waals surface area (Å²) in [5, 5.41) is 3.97. The summed E-state index contributed by atoms with van der Waals surface area (Å²) in [4.78, 5) is 25.4. The largest absolute Gasteiger partial charge is 0.359 e. The Hall–Kier alpha value is -3.25. The Kier molecular flexibility index (Phi) is 5.53. The Bertz CT molecular complexity index is 1140. The van der Waals surface area contributed by atoms with Crippen LogP contribution >= 0.6 is 11.3 Å². The van der Waals surface area contributed by atoms with Gasteiger partial charge in [0.2, 0.25) is 5.91 Å². The van der Waals surface area contributed by atoms with E-state index in [0.29, 0.717) is 13.0 Å². The third kappa shape index (κ3) is 4.43. The van der Waals surface area contributed by atoms with Gasteiger partial charge in [0, 0.05) is 30.6 Å². The summed E-state index contributed by atoms with van der Waals surface area (Å²) in [6.45, 7) is 2.58. The first-order valence-corrected chi connectivity index (χ1v) is 10.3. The van der Waals surface area contributed by atoms with Crippen molar-refractivity contribution in [2.75, 3.05) is 23.8 Å². The van der Waals surface area contributed by atoms with Gasteiger partial charge in [-0.25, -0.2) is 9.97 Å². The molecule has 29 heavy (non-hydrogen) atoms. The maximum atomic E-state index is 12.3. The maximum Gasteiger partial charge on any atom is 0.226 e. The fraction of sp³-hybridized carbons (Fsp3) is 0.174. The predicted molar refractivity (Wildman–Crippen MR) is 121 cm³/mol. The summed E-state index contributed by atoms with van der Waals surface area (Å²) in [5.74, 6) is 0.833. The molecule has 2 aromatic heterocycles. The first-order chi connectivity index (χ1) is 14.1. The number of thiophene rings is 1. The van der Waals surface area contributed by atoms with Crippen molar-refractivity contribution in [1.82, 2.24) is 9.97 Å². The monoisotopic (exact) mass is 402 g/mol. The molecule has 0 saturated carbocycles. The normalized spacial score (nSPS) is 10.8. The van der Waals surface area contributed by atoms with Crippen molar-refractivity contribution in [3.63, 3.8) is 0 Å². The van der Waals surface area contributed by atoms with Crippen LogP contribution in [0.1, 0.15) is 12.0 Å². The van der Waals surface area contributed by atoms with E-state index < -0.39 is 0 Å². The lowest BCUT2D eigenvalue weighted by Gasteiger charge is -2.18. The topological polar surface area (TPSA) is 58.1 Å². The van der Waals surface area contributed by atoms with Crippen molar-refractivity contribution in [3.8, 4) is 10.4 Å². The molecule has 146 valence electrons. The van der Waals surface area contributed by atoms with Crippen LogP contribution in [-0.4, -0.2) is 29.5 Å². The highest BCUT2D eigenvalue weighted by molar-refractivity contribution is 7.21. The van der Waals surface area contributed by atoms with E-state index in [1.54, 1.807) is 17.7 Å². The van der Waals surface area contributed by atoms with E-state index in [9.17, 15) is 4.79 Å². The molecule has 5 nitrogen and oxygen atoms in total. The summed E-state index contributed by atoms with van der Waals surface area (Å²) >= 11 is 1.65. The number of amides is 1. The number of benzene rings is 2. The summed E-state index contributed by atoms with van der Waals surface area (Å²) in [5.41, 5.74) is 3.11. The maximum absolute atomic E-state index is 12.3. The quantitative estimate of drug-likeness (QED) is 0.486. The first kappa shape index (κ1) is 19.1. The lowest BCUT2D eigenvalue weighted by atomic mass is 10.2. The van der Waals surface area contributed by atoms with Crippen LogP contribution < -0.4 is 10.2 Å². The first-order valence-electron chi connectivity index (χ1n) is 9.48. The number of aryl methyl sites for hydroxylation is 1. The molecule has 0 aliphatic heterocycles. The van der Waals surface area contributed by atoms with Crippen LogP contribution in [0.3, 0.4) is 0 Å². The molecule has 0 unspecified atom stereocenters. The molecule has 0 aliphatic rings. The van der Waals surface area contributed by atoms with Crippen LogP contribution in [0, 0.1) is 6.92 Å². The number of carbonyl (C=O) groups is 1. The SMILES string of the molecule is Cc1cccc(NC(=O)CCN(C)c2ncnc3sc(-c4ccccc4)cc23)c1. The minimum absolute atomic E-state index is 0.0111. The molecular weight excluding hydrogens is 380 g/mol. The molecule has 0 saturated heterocycles. The van der Waals surface area contributed by atoms with Gasteiger partial charge in [-0.1, -0.05) is 42.5 Å². The molecule has 6 heteroatoms. The zero-order chi connectivity index (χ0) is 20.2. The number of hydrogen-bond donors (Lipinski definition) is 1. The van der Waals surface area contributed by atoms with Gasteiger partial charge in [0.15, 0.2) is 0 Å². The average Bonchev–Trinajstić information content (AvgIpc) is 3.17. The number of hydrogen-bond acceptors (Lipinski definition) is 5. The van der Waals surface area contributed by atoms with Crippen LogP contribution in [-0.2, 0) is 4.79 Å². The minimum Gasteiger partial charge on any atom is -0.359 e. The van der Waals surface area contributed by atoms with E-state index in [2.05, 4.69) is 33.5 Å². The average molecular weight is 403 g/mol. The standard InChI is InChI=1S/C23H22N4OS/c1-16-7-6-10-18(13-16)26-21(28)11-12-27(2)22-19-14-20(17-8-4-3-5-9-17)29-23(19)25-15-24-22/h3-10,13-15H,11-12H2,1-2H3,(H,26,28). The molecule has 0 radical (unpaired) electrons. The van der Waals surface area contributed by atoms with E-state index in [-0.39, 0.29) is 5.91 Å². The van der Waals surface area contributed by atoms with Gasteiger partial charge in [-0.3, -0.25) is 4.79 Å². The fourth-order valence-electron chi connectivity index (χ4n) is 3.21. The van der Waals surface area contributed by atoms with E-state index in [0.717, 1.165) is 32.2 Å². The third-order valence-electron chi connectivity index (χ3n) is 4.70. The van der Waals surface area contributed by atoms with Crippen LogP contribution in [0.2, 0.25) is 0 Å². The molecule has 0 fully saturated rings. The molecular formula is C23H22N4OS. The highest BCUT2D eigenvalue weighted by atomic mass is 32.1. The van der Waals surface area contributed by atoms with E-state index in [1.807, 2.05) is 61.3 Å². The number of rotatable bonds is 6. The summed E-state index contributed by atoms with van der Waals surface area (Å²) in [6, 6.07) is 20.2. The molecule has 4 rings (SSSR count). The molecule has 0 aliphatic carbocycles. The number of fused-ring (bicyclic) bond motifs is 1. The molecule has 2 aromatic carbocycles. The fourth-order valence-corrected chi connectivity index (χ4v) is 4.21. The second-order valence-corrected chi connectivity index (χ2v) is 8.01. The predicted octanol–water partition coefficient (Wildman–Crippen LogP) is 5.13. The molecule has 1 amide bonds. The molecule has 1 N–H and O–H groups in total. The Morgan fingerprint density at radius 3 is 2.69 bits per heavy atom. The van der Waals surface area contributed by atoms with Crippen molar-refractivity contribution in [2.24, 2.45) is 0 Å². The lowest BCUT2D eigenvalue weighted by molar-refractivity contribution is -0.116. The van der Waals surface area contributed by atoms with Crippen molar-refractivity contribution in [3.05, 3.63) is 72.6 Å². The number of aromatic nitrogens is 2. The van der Waals surface area contributed by atoms with E-state index in [1.165, 1.54) is 5.56 Å². The Balaban J connectivity index is 1.47. The minimum atomic E-state index is -0.0111. The van der Waals surface area contributed by atoms with E-state index >= 15 is 0 Å². The second kappa shape index (κ2) is 8.41. The molecule has 0 spiro atoms. The Morgan fingerprint density at radius 1 is 1.07 bits per heavy atom. The highest BCUT2D eigenvalue weighted by Crippen LogP contribution is 2.35.